The third-order valence-electron chi connectivity index (χ3n) is 2.63. The molecule has 2 rings (SSSR count). The monoisotopic (exact) mass is 316 g/mol. The fraction of sp³-hybridized carbons (Fsp3) is 0.154. The van der Waals surface area contributed by atoms with Crippen molar-refractivity contribution in [3.05, 3.63) is 52.0 Å². The maximum absolute atomic E-state index is 13.0. The Morgan fingerprint density at radius 1 is 1.29 bits per heavy atom. The Labute approximate surface area is 122 Å². The Morgan fingerprint density at radius 3 is 2.52 bits per heavy atom. The van der Waals surface area contributed by atoms with Crippen molar-refractivity contribution in [1.29, 1.82) is 0 Å². The van der Waals surface area contributed by atoms with Gasteiger partial charge >= 0.3 is 6.03 Å². The molecule has 0 aliphatic rings. The highest BCUT2D eigenvalue weighted by molar-refractivity contribution is 7.07. The van der Waals surface area contributed by atoms with Crippen molar-refractivity contribution in [3.63, 3.8) is 0 Å². The molecule has 112 valence electrons. The first kappa shape index (κ1) is 15.3. The van der Waals surface area contributed by atoms with Crippen molar-refractivity contribution in [3.8, 4) is 0 Å². The second kappa shape index (κ2) is 6.59. The topological polar surface area (TPSA) is 61.4 Å². The van der Waals surface area contributed by atoms with Gasteiger partial charge in [0.05, 0.1) is 6.10 Å². The van der Waals surface area contributed by atoms with Gasteiger partial charge in [0.1, 0.15) is 0 Å². The lowest BCUT2D eigenvalue weighted by Crippen LogP contribution is -2.32. The van der Waals surface area contributed by atoms with Crippen molar-refractivity contribution in [2.45, 2.75) is 6.10 Å². The van der Waals surface area contributed by atoms with E-state index < -0.39 is 29.6 Å². The summed E-state index contributed by atoms with van der Waals surface area (Å²) >= 11 is 1.40. The molecule has 0 aliphatic carbocycles. The van der Waals surface area contributed by atoms with E-state index in [2.05, 4.69) is 10.6 Å². The SMILES string of the molecule is O=C(NCC(O)c1ccsc1)Nc1cc(F)c(F)c(F)c1. The van der Waals surface area contributed by atoms with Crippen LogP contribution in [0.25, 0.3) is 0 Å². The number of benzene rings is 1. The number of aliphatic hydroxyl groups excluding tert-OH is 1. The third-order valence-corrected chi connectivity index (χ3v) is 3.33. The molecular formula is C13H11F3N2O2S. The van der Waals surface area contributed by atoms with E-state index in [1.807, 2.05) is 0 Å². The highest BCUT2D eigenvalue weighted by Gasteiger charge is 2.13. The molecule has 0 saturated heterocycles. The van der Waals surface area contributed by atoms with E-state index >= 15 is 0 Å². The van der Waals surface area contributed by atoms with Gasteiger partial charge in [0.2, 0.25) is 0 Å². The van der Waals surface area contributed by atoms with Crippen LogP contribution < -0.4 is 10.6 Å². The van der Waals surface area contributed by atoms with Crippen molar-refractivity contribution in [2.24, 2.45) is 0 Å². The van der Waals surface area contributed by atoms with E-state index in [9.17, 15) is 23.1 Å². The molecule has 0 fully saturated rings. The number of thiophene rings is 1. The summed E-state index contributed by atoms with van der Waals surface area (Å²) in [6, 6.07) is 2.26. The number of hydrogen-bond donors (Lipinski definition) is 3. The molecule has 8 heteroatoms. The highest BCUT2D eigenvalue weighted by atomic mass is 32.1. The van der Waals surface area contributed by atoms with Gasteiger partial charge in [-0.05, 0) is 22.4 Å². The summed E-state index contributed by atoms with van der Waals surface area (Å²) in [5, 5.41) is 17.7. The van der Waals surface area contributed by atoms with Crippen molar-refractivity contribution >= 4 is 23.1 Å². The minimum atomic E-state index is -1.60. The molecule has 2 amide bonds. The average molecular weight is 316 g/mol. The molecule has 1 heterocycles. The zero-order chi connectivity index (χ0) is 15.4. The predicted octanol–water partition coefficient (Wildman–Crippen LogP) is 3.02. The average Bonchev–Trinajstić information content (AvgIpc) is 2.96. The molecule has 21 heavy (non-hydrogen) atoms. The van der Waals surface area contributed by atoms with Gasteiger partial charge in [-0.1, -0.05) is 0 Å². The highest BCUT2D eigenvalue weighted by Crippen LogP contribution is 2.18. The van der Waals surface area contributed by atoms with Crippen LogP contribution in [0.2, 0.25) is 0 Å². The summed E-state index contributed by atoms with van der Waals surface area (Å²) in [5.41, 5.74) is 0.424. The number of nitrogens with one attached hydrogen (secondary N) is 2. The lowest BCUT2D eigenvalue weighted by atomic mass is 10.2. The molecule has 0 saturated carbocycles. The number of halogens is 3. The Kier molecular flexibility index (Phi) is 4.81. The van der Waals surface area contributed by atoms with Gasteiger partial charge in [-0.3, -0.25) is 0 Å². The van der Waals surface area contributed by atoms with Crippen LogP contribution in [0.3, 0.4) is 0 Å². The molecule has 1 aromatic carbocycles. The Morgan fingerprint density at radius 2 is 1.95 bits per heavy atom. The number of anilines is 1. The van der Waals surface area contributed by atoms with Crippen LogP contribution in [0.4, 0.5) is 23.7 Å². The molecule has 0 aliphatic heterocycles. The summed E-state index contributed by atoms with van der Waals surface area (Å²) in [6.07, 6.45) is -0.885. The van der Waals surface area contributed by atoms with Gasteiger partial charge in [0, 0.05) is 24.4 Å². The molecular weight excluding hydrogens is 305 g/mol. The van der Waals surface area contributed by atoms with E-state index in [0.29, 0.717) is 17.7 Å². The summed E-state index contributed by atoms with van der Waals surface area (Å²) in [5.74, 6) is -4.40. The first-order valence-electron chi connectivity index (χ1n) is 5.87. The Balaban J connectivity index is 1.90. The standard InChI is InChI=1S/C13H11F3N2O2S/c14-9-3-8(4-10(15)12(9)16)18-13(20)17-5-11(19)7-1-2-21-6-7/h1-4,6,11,19H,5H2,(H2,17,18,20). The van der Waals surface area contributed by atoms with Gasteiger partial charge < -0.3 is 15.7 Å². The van der Waals surface area contributed by atoms with Crippen molar-refractivity contribution < 1.29 is 23.1 Å². The van der Waals surface area contributed by atoms with E-state index in [4.69, 9.17) is 0 Å². The maximum Gasteiger partial charge on any atom is 0.319 e. The second-order valence-corrected chi connectivity index (χ2v) is 4.94. The number of hydrogen-bond acceptors (Lipinski definition) is 3. The van der Waals surface area contributed by atoms with E-state index in [1.54, 1.807) is 16.8 Å². The number of amides is 2. The Bertz CT molecular complexity index is 611. The summed E-state index contributed by atoms with van der Waals surface area (Å²) in [7, 11) is 0. The van der Waals surface area contributed by atoms with Gasteiger partial charge in [0.25, 0.3) is 0 Å². The maximum atomic E-state index is 13.0. The fourth-order valence-electron chi connectivity index (χ4n) is 1.57. The van der Waals surface area contributed by atoms with Crippen LogP contribution in [0.15, 0.2) is 29.0 Å². The second-order valence-electron chi connectivity index (χ2n) is 4.16. The molecule has 2 aromatic rings. The molecule has 1 unspecified atom stereocenters. The van der Waals surface area contributed by atoms with Crippen LogP contribution >= 0.6 is 11.3 Å². The van der Waals surface area contributed by atoms with Crippen molar-refractivity contribution in [1.82, 2.24) is 5.32 Å². The Hall–Kier alpha value is -2.06. The quantitative estimate of drug-likeness (QED) is 0.759. The molecule has 0 bridgehead atoms. The third kappa shape index (κ3) is 3.96. The predicted molar refractivity (Wildman–Crippen MR) is 72.6 cm³/mol. The normalized spacial score (nSPS) is 12.0. The van der Waals surface area contributed by atoms with Crippen molar-refractivity contribution in [2.75, 3.05) is 11.9 Å². The molecule has 3 N–H and O–H groups in total. The summed E-state index contributed by atoms with van der Waals surface area (Å²) in [4.78, 5) is 11.5. The fourth-order valence-corrected chi connectivity index (χ4v) is 2.28. The van der Waals surface area contributed by atoms with E-state index in [0.717, 1.165) is 0 Å². The molecule has 1 aromatic heterocycles. The van der Waals surface area contributed by atoms with Gasteiger partial charge in [0.15, 0.2) is 17.5 Å². The number of aliphatic hydroxyl groups is 1. The zero-order valence-corrected chi connectivity index (χ0v) is 11.4. The number of urea groups is 1. The zero-order valence-electron chi connectivity index (χ0n) is 10.6. The largest absolute Gasteiger partial charge is 0.387 e. The smallest absolute Gasteiger partial charge is 0.319 e. The summed E-state index contributed by atoms with van der Waals surface area (Å²) in [6.45, 7) is -0.0747. The van der Waals surface area contributed by atoms with Gasteiger partial charge in [-0.15, -0.1) is 0 Å². The molecule has 0 radical (unpaired) electrons. The first-order chi connectivity index (χ1) is 9.97. The van der Waals surface area contributed by atoms with Crippen LogP contribution in [0.5, 0.6) is 0 Å². The van der Waals surface area contributed by atoms with Gasteiger partial charge in [-0.25, -0.2) is 18.0 Å². The molecule has 1 atom stereocenters. The summed E-state index contributed by atoms with van der Waals surface area (Å²) < 4.78 is 38.7. The van der Waals surface area contributed by atoms with Gasteiger partial charge in [-0.2, -0.15) is 11.3 Å². The number of carbonyl (C=O) groups excluding carboxylic acids is 1. The lowest BCUT2D eigenvalue weighted by Gasteiger charge is -2.11. The minimum absolute atomic E-state index is 0.0747. The van der Waals surface area contributed by atoms with E-state index in [1.165, 1.54) is 11.3 Å². The lowest BCUT2D eigenvalue weighted by molar-refractivity contribution is 0.175. The van der Waals surface area contributed by atoms with Crippen LogP contribution in [-0.2, 0) is 0 Å². The molecule has 4 nitrogen and oxygen atoms in total. The first-order valence-corrected chi connectivity index (χ1v) is 6.81. The number of carbonyl (C=O) groups is 1. The van der Waals surface area contributed by atoms with Crippen LogP contribution in [0.1, 0.15) is 11.7 Å². The number of rotatable bonds is 4. The minimum Gasteiger partial charge on any atom is -0.387 e. The van der Waals surface area contributed by atoms with Crippen LogP contribution in [-0.4, -0.2) is 17.7 Å². The van der Waals surface area contributed by atoms with E-state index in [-0.39, 0.29) is 12.2 Å². The van der Waals surface area contributed by atoms with Crippen LogP contribution in [0, 0.1) is 17.5 Å². The molecule has 0 spiro atoms.